The third-order valence-corrected chi connectivity index (χ3v) is 4.72. The Kier molecular flexibility index (Phi) is 5.18. The molecule has 0 unspecified atom stereocenters. The van der Waals surface area contributed by atoms with Gasteiger partial charge in [-0.05, 0) is 43.4 Å². The van der Waals surface area contributed by atoms with Gasteiger partial charge in [0, 0.05) is 25.3 Å². The summed E-state index contributed by atoms with van der Waals surface area (Å²) in [6, 6.07) is 10.3. The summed E-state index contributed by atoms with van der Waals surface area (Å²) in [5.41, 5.74) is 1.57. The summed E-state index contributed by atoms with van der Waals surface area (Å²) < 4.78 is 3.44. The molecular formula is C16H19ClN4S. The van der Waals surface area contributed by atoms with E-state index in [1.165, 1.54) is 0 Å². The number of pyridine rings is 2. The standard InChI is InChI=1S/C16H19ClN4S/c1-22-20-12-7-10-21(11-8-12)15-6-5-13(17)16(19-15)14-4-2-3-9-18-14/h2-6,9,12,20H,7-8,10-11H2,1H3. The minimum Gasteiger partial charge on any atom is -0.356 e. The number of halogens is 1. The zero-order valence-electron chi connectivity index (χ0n) is 12.5. The molecule has 1 fully saturated rings. The first-order chi connectivity index (χ1) is 10.8. The highest BCUT2D eigenvalue weighted by Gasteiger charge is 2.20. The number of hydrogen-bond acceptors (Lipinski definition) is 5. The molecule has 1 aliphatic rings. The Balaban J connectivity index is 1.79. The van der Waals surface area contributed by atoms with Crippen molar-refractivity contribution in [3.05, 3.63) is 41.6 Å². The molecule has 6 heteroatoms. The van der Waals surface area contributed by atoms with Crippen molar-refractivity contribution in [2.45, 2.75) is 18.9 Å². The highest BCUT2D eigenvalue weighted by atomic mass is 35.5. The van der Waals surface area contributed by atoms with Gasteiger partial charge in [0.05, 0.1) is 10.7 Å². The van der Waals surface area contributed by atoms with E-state index in [1.54, 1.807) is 18.1 Å². The van der Waals surface area contributed by atoms with Crippen LogP contribution < -0.4 is 9.62 Å². The third kappa shape index (κ3) is 3.54. The molecule has 0 atom stereocenters. The van der Waals surface area contributed by atoms with Crippen LogP contribution in [0.15, 0.2) is 36.5 Å². The highest BCUT2D eigenvalue weighted by molar-refractivity contribution is 7.96. The second kappa shape index (κ2) is 7.31. The smallest absolute Gasteiger partial charge is 0.129 e. The number of nitrogens with one attached hydrogen (secondary N) is 1. The van der Waals surface area contributed by atoms with E-state index in [-0.39, 0.29) is 0 Å². The van der Waals surface area contributed by atoms with Crippen LogP contribution in [0, 0.1) is 0 Å². The molecule has 2 aromatic heterocycles. The average Bonchev–Trinajstić information content (AvgIpc) is 2.57. The summed E-state index contributed by atoms with van der Waals surface area (Å²) in [4.78, 5) is 11.4. The van der Waals surface area contributed by atoms with Crippen molar-refractivity contribution in [3.8, 4) is 11.4 Å². The van der Waals surface area contributed by atoms with Gasteiger partial charge < -0.3 is 4.90 Å². The Bertz CT molecular complexity index is 615. The van der Waals surface area contributed by atoms with E-state index in [4.69, 9.17) is 16.6 Å². The molecule has 1 saturated heterocycles. The summed E-state index contributed by atoms with van der Waals surface area (Å²) in [5.74, 6) is 0.979. The fourth-order valence-corrected chi connectivity index (χ4v) is 3.45. The lowest BCUT2D eigenvalue weighted by Crippen LogP contribution is -2.40. The van der Waals surface area contributed by atoms with Crippen LogP contribution in [-0.2, 0) is 0 Å². The molecular weight excluding hydrogens is 316 g/mol. The van der Waals surface area contributed by atoms with Gasteiger partial charge in [0.1, 0.15) is 11.5 Å². The Hall–Kier alpha value is -1.30. The largest absolute Gasteiger partial charge is 0.356 e. The van der Waals surface area contributed by atoms with Crippen LogP contribution in [0.25, 0.3) is 11.4 Å². The number of anilines is 1. The maximum absolute atomic E-state index is 6.30. The van der Waals surface area contributed by atoms with E-state index >= 15 is 0 Å². The lowest BCUT2D eigenvalue weighted by molar-refractivity contribution is 0.477. The molecule has 0 spiro atoms. The normalized spacial score (nSPS) is 16.0. The zero-order chi connectivity index (χ0) is 15.4. The SMILES string of the molecule is CSNC1CCN(c2ccc(Cl)c(-c3ccccn3)n2)CC1. The van der Waals surface area contributed by atoms with Gasteiger partial charge >= 0.3 is 0 Å². The summed E-state index contributed by atoms with van der Waals surface area (Å²) in [5, 5.41) is 0.640. The van der Waals surface area contributed by atoms with E-state index in [9.17, 15) is 0 Å². The Labute approximate surface area is 140 Å². The molecule has 0 aliphatic carbocycles. The van der Waals surface area contributed by atoms with Crippen molar-refractivity contribution in [2.24, 2.45) is 0 Å². The predicted molar refractivity (Wildman–Crippen MR) is 94.4 cm³/mol. The van der Waals surface area contributed by atoms with Crippen molar-refractivity contribution in [2.75, 3.05) is 24.2 Å². The molecule has 3 heterocycles. The van der Waals surface area contributed by atoms with E-state index in [1.807, 2.05) is 30.3 Å². The van der Waals surface area contributed by atoms with Crippen molar-refractivity contribution >= 4 is 29.4 Å². The first kappa shape index (κ1) is 15.6. The van der Waals surface area contributed by atoms with Crippen LogP contribution in [-0.4, -0.2) is 35.4 Å². The molecule has 22 heavy (non-hydrogen) atoms. The number of aromatic nitrogens is 2. The summed E-state index contributed by atoms with van der Waals surface area (Å²) in [6.07, 6.45) is 6.10. The van der Waals surface area contributed by atoms with Gasteiger partial charge in [0.2, 0.25) is 0 Å². The molecule has 116 valence electrons. The first-order valence-electron chi connectivity index (χ1n) is 7.39. The molecule has 3 rings (SSSR count). The molecule has 1 aliphatic heterocycles. The molecule has 0 aromatic carbocycles. The zero-order valence-corrected chi connectivity index (χ0v) is 14.1. The predicted octanol–water partition coefficient (Wildman–Crippen LogP) is 3.63. The topological polar surface area (TPSA) is 41.0 Å². The second-order valence-corrected chi connectivity index (χ2v) is 6.35. The summed E-state index contributed by atoms with van der Waals surface area (Å²) in [6.45, 7) is 2.02. The van der Waals surface area contributed by atoms with Gasteiger partial charge in [-0.2, -0.15) is 0 Å². The van der Waals surface area contributed by atoms with Crippen LogP contribution in [0.1, 0.15) is 12.8 Å². The Morgan fingerprint density at radius 1 is 1.23 bits per heavy atom. The van der Waals surface area contributed by atoms with Crippen LogP contribution in [0.3, 0.4) is 0 Å². The lowest BCUT2D eigenvalue weighted by atomic mass is 10.1. The Morgan fingerprint density at radius 2 is 2.05 bits per heavy atom. The van der Waals surface area contributed by atoms with E-state index in [0.717, 1.165) is 43.1 Å². The highest BCUT2D eigenvalue weighted by Crippen LogP contribution is 2.28. The maximum atomic E-state index is 6.30. The van der Waals surface area contributed by atoms with Crippen LogP contribution >= 0.6 is 23.5 Å². The van der Waals surface area contributed by atoms with Crippen LogP contribution in [0.5, 0.6) is 0 Å². The van der Waals surface area contributed by atoms with Crippen molar-refractivity contribution < 1.29 is 0 Å². The van der Waals surface area contributed by atoms with E-state index in [0.29, 0.717) is 11.1 Å². The van der Waals surface area contributed by atoms with Crippen LogP contribution in [0.4, 0.5) is 5.82 Å². The molecule has 0 bridgehead atoms. The Morgan fingerprint density at radius 3 is 2.73 bits per heavy atom. The quantitative estimate of drug-likeness (QED) is 0.865. The third-order valence-electron chi connectivity index (χ3n) is 3.84. The molecule has 0 radical (unpaired) electrons. The van der Waals surface area contributed by atoms with Gasteiger partial charge in [0.15, 0.2) is 0 Å². The maximum Gasteiger partial charge on any atom is 0.129 e. The molecule has 0 amide bonds. The summed E-state index contributed by atoms with van der Waals surface area (Å²) >= 11 is 8.00. The van der Waals surface area contributed by atoms with Gasteiger partial charge in [0.25, 0.3) is 0 Å². The summed E-state index contributed by atoms with van der Waals surface area (Å²) in [7, 11) is 0. The average molecular weight is 335 g/mol. The number of rotatable bonds is 4. The van der Waals surface area contributed by atoms with Crippen molar-refractivity contribution in [1.29, 1.82) is 0 Å². The van der Waals surface area contributed by atoms with Crippen LogP contribution in [0.2, 0.25) is 5.02 Å². The van der Waals surface area contributed by atoms with Gasteiger partial charge in [-0.25, -0.2) is 4.98 Å². The first-order valence-corrected chi connectivity index (χ1v) is 8.99. The molecule has 2 aromatic rings. The second-order valence-electron chi connectivity index (χ2n) is 5.30. The van der Waals surface area contributed by atoms with Crippen molar-refractivity contribution in [3.63, 3.8) is 0 Å². The van der Waals surface area contributed by atoms with Gasteiger partial charge in [-0.1, -0.05) is 29.6 Å². The van der Waals surface area contributed by atoms with E-state index < -0.39 is 0 Å². The number of nitrogens with zero attached hydrogens (tertiary/aromatic N) is 3. The minimum atomic E-state index is 0.591. The molecule has 0 saturated carbocycles. The molecule has 4 nitrogen and oxygen atoms in total. The fourth-order valence-electron chi connectivity index (χ4n) is 2.68. The molecule has 1 N–H and O–H groups in total. The monoisotopic (exact) mass is 334 g/mol. The van der Waals surface area contributed by atoms with E-state index in [2.05, 4.69) is 20.9 Å². The number of hydrogen-bond donors (Lipinski definition) is 1. The number of piperidine rings is 1. The lowest BCUT2D eigenvalue weighted by Gasteiger charge is -2.33. The minimum absolute atomic E-state index is 0.591. The van der Waals surface area contributed by atoms with Crippen molar-refractivity contribution in [1.82, 2.24) is 14.7 Å². The van der Waals surface area contributed by atoms with Gasteiger partial charge in [-0.3, -0.25) is 9.71 Å². The fraction of sp³-hybridized carbons (Fsp3) is 0.375. The van der Waals surface area contributed by atoms with Gasteiger partial charge in [-0.15, -0.1) is 0 Å².